The van der Waals surface area contributed by atoms with Gasteiger partial charge in [0, 0.05) is 27.2 Å². The first-order valence-electron chi connectivity index (χ1n) is 9.77. The molecule has 0 fully saturated rings. The largest absolute Gasteiger partial charge is 0.382 e. The topological polar surface area (TPSA) is 112 Å². The number of ether oxygens (including phenoxy) is 4. The van der Waals surface area contributed by atoms with Crippen LogP contribution in [-0.4, -0.2) is 84.0 Å². The van der Waals surface area contributed by atoms with Crippen molar-refractivity contribution in [1.29, 1.82) is 0 Å². The van der Waals surface area contributed by atoms with Crippen LogP contribution in [-0.2, 0) is 33.3 Å². The summed E-state index contributed by atoms with van der Waals surface area (Å²) in [5, 5.41) is 5.43. The smallest absolute Gasteiger partial charge is 0.246 e. The van der Waals surface area contributed by atoms with Crippen LogP contribution >= 0.6 is 0 Å². The minimum atomic E-state index is -0.605. The molecule has 2 N–H and O–H groups in total. The number of hydrogen-bond acceptors (Lipinski definition) is 7. The van der Waals surface area contributed by atoms with E-state index in [0.29, 0.717) is 45.8 Å². The molecule has 0 spiro atoms. The standard InChI is InChI=1S/C19H36N2O7/c1-4-20-19(24)17(21-18(23)15-28-13-11-26-3)9-7-5-6-8-16(22)14-27-12-10-25-2/h17H,4-15H2,1-3H3,(H,20,24)(H,21,23). The van der Waals surface area contributed by atoms with Gasteiger partial charge in [-0.25, -0.2) is 0 Å². The summed E-state index contributed by atoms with van der Waals surface area (Å²) in [6.45, 7) is 3.91. The Morgan fingerprint density at radius 3 is 2.11 bits per heavy atom. The van der Waals surface area contributed by atoms with Gasteiger partial charge in [0.15, 0.2) is 5.78 Å². The van der Waals surface area contributed by atoms with Gasteiger partial charge >= 0.3 is 0 Å². The third kappa shape index (κ3) is 15.5. The van der Waals surface area contributed by atoms with Gasteiger partial charge in [0.05, 0.1) is 26.4 Å². The second-order valence-electron chi connectivity index (χ2n) is 6.24. The zero-order valence-electron chi connectivity index (χ0n) is 17.4. The van der Waals surface area contributed by atoms with E-state index >= 15 is 0 Å². The normalized spacial score (nSPS) is 11.8. The summed E-state index contributed by atoms with van der Waals surface area (Å²) in [7, 11) is 3.13. The second-order valence-corrected chi connectivity index (χ2v) is 6.24. The highest BCUT2D eigenvalue weighted by molar-refractivity contribution is 5.87. The Balaban J connectivity index is 4.06. The highest BCUT2D eigenvalue weighted by atomic mass is 16.5. The Bertz CT molecular complexity index is 433. The van der Waals surface area contributed by atoms with Gasteiger partial charge in [-0.05, 0) is 19.8 Å². The molecule has 0 aromatic heterocycles. The summed E-state index contributed by atoms with van der Waals surface area (Å²) in [6.07, 6.45) is 3.19. The van der Waals surface area contributed by atoms with E-state index in [1.807, 2.05) is 6.92 Å². The van der Waals surface area contributed by atoms with Gasteiger partial charge < -0.3 is 29.6 Å². The zero-order valence-corrected chi connectivity index (χ0v) is 17.4. The number of carbonyl (C=O) groups is 3. The van der Waals surface area contributed by atoms with E-state index in [2.05, 4.69) is 10.6 Å². The van der Waals surface area contributed by atoms with Crippen LogP contribution in [0.15, 0.2) is 0 Å². The predicted molar refractivity (Wildman–Crippen MR) is 104 cm³/mol. The van der Waals surface area contributed by atoms with Gasteiger partial charge in [-0.3, -0.25) is 14.4 Å². The van der Waals surface area contributed by atoms with Crippen LogP contribution < -0.4 is 10.6 Å². The quantitative estimate of drug-likeness (QED) is 0.301. The van der Waals surface area contributed by atoms with Crippen LogP contribution in [0.1, 0.15) is 39.0 Å². The van der Waals surface area contributed by atoms with Crippen LogP contribution in [0.2, 0.25) is 0 Å². The van der Waals surface area contributed by atoms with Crippen molar-refractivity contribution in [3.05, 3.63) is 0 Å². The zero-order chi connectivity index (χ0) is 21.0. The number of unbranched alkanes of at least 4 members (excludes halogenated alkanes) is 2. The molecule has 0 radical (unpaired) electrons. The first-order valence-corrected chi connectivity index (χ1v) is 9.77. The van der Waals surface area contributed by atoms with E-state index in [-0.39, 0.29) is 30.8 Å². The fourth-order valence-electron chi connectivity index (χ4n) is 2.36. The van der Waals surface area contributed by atoms with Crippen molar-refractivity contribution in [2.24, 2.45) is 0 Å². The Labute approximate surface area is 167 Å². The highest BCUT2D eigenvalue weighted by Gasteiger charge is 2.19. The number of likely N-dealkylation sites (N-methyl/N-ethyl adjacent to an activating group) is 1. The van der Waals surface area contributed by atoms with Crippen molar-refractivity contribution in [2.75, 3.05) is 60.4 Å². The lowest BCUT2D eigenvalue weighted by molar-refractivity contribution is -0.131. The Kier molecular flexibility index (Phi) is 17.8. The molecule has 0 aliphatic heterocycles. The maximum absolute atomic E-state index is 12.1. The summed E-state index contributed by atoms with van der Waals surface area (Å²) < 4.78 is 20.0. The van der Waals surface area contributed by atoms with E-state index in [4.69, 9.17) is 18.9 Å². The lowest BCUT2D eigenvalue weighted by Gasteiger charge is -2.18. The molecule has 9 heteroatoms. The predicted octanol–water partition coefficient (Wildman–Crippen LogP) is 0.453. The third-order valence-electron chi connectivity index (χ3n) is 3.81. The van der Waals surface area contributed by atoms with Crippen molar-refractivity contribution in [2.45, 2.75) is 45.1 Å². The molecule has 0 saturated carbocycles. The summed E-state index contributed by atoms with van der Waals surface area (Å²) in [6, 6.07) is -0.605. The molecule has 0 saturated heterocycles. The maximum atomic E-state index is 12.1. The van der Waals surface area contributed by atoms with Gasteiger partial charge in [0.2, 0.25) is 11.8 Å². The molecule has 0 aliphatic carbocycles. The lowest BCUT2D eigenvalue weighted by Crippen LogP contribution is -2.47. The number of methoxy groups -OCH3 is 2. The summed E-state index contributed by atoms with van der Waals surface area (Å²) >= 11 is 0. The number of hydrogen-bond donors (Lipinski definition) is 2. The molecule has 164 valence electrons. The summed E-state index contributed by atoms with van der Waals surface area (Å²) in [5.41, 5.74) is 0. The molecule has 1 unspecified atom stereocenters. The van der Waals surface area contributed by atoms with Gasteiger partial charge in [-0.2, -0.15) is 0 Å². The summed E-state index contributed by atoms with van der Waals surface area (Å²) in [4.78, 5) is 35.7. The van der Waals surface area contributed by atoms with Gasteiger partial charge in [-0.1, -0.05) is 12.8 Å². The summed E-state index contributed by atoms with van der Waals surface area (Å²) in [5.74, 6) is -0.496. The van der Waals surface area contributed by atoms with Gasteiger partial charge in [-0.15, -0.1) is 0 Å². The van der Waals surface area contributed by atoms with Crippen LogP contribution in [0, 0.1) is 0 Å². The molecule has 2 amide bonds. The molecule has 0 heterocycles. The Morgan fingerprint density at radius 1 is 0.857 bits per heavy atom. The highest BCUT2D eigenvalue weighted by Crippen LogP contribution is 2.07. The molecule has 0 bridgehead atoms. The fraction of sp³-hybridized carbons (Fsp3) is 0.842. The van der Waals surface area contributed by atoms with E-state index in [0.717, 1.165) is 19.3 Å². The Morgan fingerprint density at radius 2 is 1.50 bits per heavy atom. The van der Waals surface area contributed by atoms with Crippen LogP contribution in [0.4, 0.5) is 0 Å². The SMILES string of the molecule is CCNC(=O)C(CCCCCC(=O)COCCOC)NC(=O)COCCOC. The monoisotopic (exact) mass is 404 g/mol. The van der Waals surface area contributed by atoms with E-state index in [1.165, 1.54) is 0 Å². The van der Waals surface area contributed by atoms with Crippen LogP contribution in [0.5, 0.6) is 0 Å². The minimum absolute atomic E-state index is 0.0536. The average Bonchev–Trinajstić information content (AvgIpc) is 2.67. The average molecular weight is 405 g/mol. The van der Waals surface area contributed by atoms with E-state index in [1.54, 1.807) is 14.2 Å². The van der Waals surface area contributed by atoms with E-state index in [9.17, 15) is 14.4 Å². The maximum Gasteiger partial charge on any atom is 0.246 e. The molecule has 1 atom stereocenters. The Hall–Kier alpha value is -1.55. The molecule has 9 nitrogen and oxygen atoms in total. The number of rotatable bonds is 19. The molecule has 0 aromatic rings. The minimum Gasteiger partial charge on any atom is -0.382 e. The van der Waals surface area contributed by atoms with Crippen molar-refractivity contribution < 1.29 is 33.3 Å². The number of nitrogens with one attached hydrogen (secondary N) is 2. The molecule has 0 rings (SSSR count). The van der Waals surface area contributed by atoms with Crippen molar-refractivity contribution in [3.8, 4) is 0 Å². The number of carbonyl (C=O) groups excluding carboxylic acids is 3. The molecular formula is C19H36N2O7. The number of amides is 2. The van der Waals surface area contributed by atoms with Crippen molar-refractivity contribution in [1.82, 2.24) is 10.6 Å². The first-order chi connectivity index (χ1) is 13.5. The first kappa shape index (κ1) is 26.4. The van der Waals surface area contributed by atoms with Gasteiger partial charge in [0.1, 0.15) is 19.3 Å². The van der Waals surface area contributed by atoms with E-state index < -0.39 is 6.04 Å². The molecule has 0 aliphatic rings. The van der Waals surface area contributed by atoms with Crippen molar-refractivity contribution >= 4 is 17.6 Å². The third-order valence-corrected chi connectivity index (χ3v) is 3.81. The fourth-order valence-corrected chi connectivity index (χ4v) is 2.36. The number of ketones is 1. The number of Topliss-reactive ketones (excluding diaryl/α,β-unsaturated/α-hetero) is 1. The van der Waals surface area contributed by atoms with Crippen LogP contribution in [0.25, 0.3) is 0 Å². The second kappa shape index (κ2) is 18.8. The molecule has 0 aromatic carbocycles. The van der Waals surface area contributed by atoms with Gasteiger partial charge in [0.25, 0.3) is 0 Å². The van der Waals surface area contributed by atoms with Crippen LogP contribution in [0.3, 0.4) is 0 Å². The molecular weight excluding hydrogens is 368 g/mol. The van der Waals surface area contributed by atoms with Crippen molar-refractivity contribution in [3.63, 3.8) is 0 Å². The molecule has 28 heavy (non-hydrogen) atoms. The lowest BCUT2D eigenvalue weighted by atomic mass is 10.1.